The van der Waals surface area contributed by atoms with Gasteiger partial charge < -0.3 is 0 Å². The summed E-state index contributed by atoms with van der Waals surface area (Å²) >= 11 is 0. The smallest absolute Gasteiger partial charge is 0.135 e. The zero-order valence-electron chi connectivity index (χ0n) is 12.1. The average Bonchev–Trinajstić information content (AvgIpc) is 2.99. The standard InChI is InChI=1S/C17H30O/c1-2-3-4-5-6-7-8-9-10-17(18)16-12-14-11-15(14)13-16/h14-16H,2-13H2,1H3. The van der Waals surface area contributed by atoms with Crippen LogP contribution in [0.4, 0.5) is 0 Å². The third-order valence-electron chi connectivity index (χ3n) is 4.98. The number of hydrogen-bond acceptors (Lipinski definition) is 1. The molecule has 0 aromatic rings. The van der Waals surface area contributed by atoms with Crippen LogP contribution in [0.15, 0.2) is 0 Å². The molecule has 2 unspecified atom stereocenters. The van der Waals surface area contributed by atoms with Gasteiger partial charge in [-0.1, -0.05) is 51.9 Å². The molecule has 0 heterocycles. The van der Waals surface area contributed by atoms with Crippen LogP contribution in [0.2, 0.25) is 0 Å². The Kier molecular flexibility index (Phi) is 5.72. The van der Waals surface area contributed by atoms with Gasteiger partial charge in [-0.25, -0.2) is 0 Å². The summed E-state index contributed by atoms with van der Waals surface area (Å²) in [7, 11) is 0. The topological polar surface area (TPSA) is 17.1 Å². The molecule has 1 nitrogen and oxygen atoms in total. The molecular weight excluding hydrogens is 220 g/mol. The average molecular weight is 250 g/mol. The highest BCUT2D eigenvalue weighted by Gasteiger charge is 2.47. The Hall–Kier alpha value is -0.330. The van der Waals surface area contributed by atoms with Gasteiger partial charge in [0, 0.05) is 12.3 Å². The molecule has 1 heteroatoms. The highest BCUT2D eigenvalue weighted by atomic mass is 16.1. The molecule has 0 spiro atoms. The lowest BCUT2D eigenvalue weighted by molar-refractivity contribution is -0.123. The highest BCUT2D eigenvalue weighted by Crippen LogP contribution is 2.54. The lowest BCUT2D eigenvalue weighted by Gasteiger charge is -2.09. The number of ketones is 1. The van der Waals surface area contributed by atoms with Crippen LogP contribution in [-0.2, 0) is 4.79 Å². The minimum Gasteiger partial charge on any atom is -0.299 e. The van der Waals surface area contributed by atoms with Gasteiger partial charge in [-0.15, -0.1) is 0 Å². The van der Waals surface area contributed by atoms with Crippen molar-refractivity contribution < 1.29 is 4.79 Å². The predicted molar refractivity (Wildman–Crippen MR) is 76.6 cm³/mol. The van der Waals surface area contributed by atoms with Crippen LogP contribution in [0, 0.1) is 17.8 Å². The summed E-state index contributed by atoms with van der Waals surface area (Å²) in [4.78, 5) is 12.0. The molecule has 0 bridgehead atoms. The lowest BCUT2D eigenvalue weighted by Crippen LogP contribution is -2.12. The Morgan fingerprint density at radius 3 is 2.00 bits per heavy atom. The summed E-state index contributed by atoms with van der Waals surface area (Å²) in [6, 6.07) is 0. The van der Waals surface area contributed by atoms with Crippen molar-refractivity contribution in [3.05, 3.63) is 0 Å². The van der Waals surface area contributed by atoms with Gasteiger partial charge >= 0.3 is 0 Å². The fourth-order valence-corrected chi connectivity index (χ4v) is 3.61. The second-order valence-electron chi connectivity index (χ2n) is 6.62. The quantitative estimate of drug-likeness (QED) is 0.491. The second kappa shape index (κ2) is 7.31. The van der Waals surface area contributed by atoms with E-state index in [9.17, 15) is 4.79 Å². The first kappa shape index (κ1) is 14.1. The van der Waals surface area contributed by atoms with Gasteiger partial charge in [0.2, 0.25) is 0 Å². The second-order valence-corrected chi connectivity index (χ2v) is 6.62. The molecule has 2 rings (SSSR count). The van der Waals surface area contributed by atoms with Crippen LogP contribution in [0.3, 0.4) is 0 Å². The summed E-state index contributed by atoms with van der Waals surface area (Å²) in [6.45, 7) is 2.26. The maximum atomic E-state index is 12.0. The van der Waals surface area contributed by atoms with Gasteiger partial charge in [0.1, 0.15) is 5.78 Å². The monoisotopic (exact) mass is 250 g/mol. The largest absolute Gasteiger partial charge is 0.299 e. The Morgan fingerprint density at radius 1 is 0.833 bits per heavy atom. The van der Waals surface area contributed by atoms with Crippen molar-refractivity contribution in [3.63, 3.8) is 0 Å². The minimum atomic E-state index is 0.471. The third-order valence-corrected chi connectivity index (χ3v) is 4.98. The number of carbonyl (C=O) groups is 1. The van der Waals surface area contributed by atoms with Crippen LogP contribution in [0.5, 0.6) is 0 Å². The van der Waals surface area contributed by atoms with Crippen LogP contribution in [0.25, 0.3) is 0 Å². The maximum absolute atomic E-state index is 12.0. The molecule has 0 N–H and O–H groups in total. The highest BCUT2D eigenvalue weighted by molar-refractivity contribution is 5.81. The molecular formula is C17H30O. The number of carbonyl (C=O) groups excluding carboxylic acids is 1. The summed E-state index contributed by atoms with van der Waals surface area (Å²) in [6.07, 6.45) is 15.4. The van der Waals surface area contributed by atoms with Gasteiger partial charge in [0.25, 0.3) is 0 Å². The van der Waals surface area contributed by atoms with E-state index in [1.165, 1.54) is 64.2 Å². The molecule has 0 aliphatic heterocycles. The van der Waals surface area contributed by atoms with Crippen molar-refractivity contribution in [2.24, 2.45) is 17.8 Å². The molecule has 0 amide bonds. The van der Waals surface area contributed by atoms with Gasteiger partial charge in [0.15, 0.2) is 0 Å². The summed E-state index contributed by atoms with van der Waals surface area (Å²) < 4.78 is 0. The minimum absolute atomic E-state index is 0.471. The Balaban J connectivity index is 1.40. The molecule has 2 aliphatic carbocycles. The van der Waals surface area contributed by atoms with Crippen molar-refractivity contribution in [2.45, 2.75) is 84.0 Å². The van der Waals surface area contributed by atoms with E-state index in [2.05, 4.69) is 6.92 Å². The van der Waals surface area contributed by atoms with E-state index in [0.29, 0.717) is 11.7 Å². The Bertz CT molecular complexity index is 248. The Labute approximate surface area is 113 Å². The van der Waals surface area contributed by atoms with Gasteiger partial charge in [-0.3, -0.25) is 4.79 Å². The zero-order valence-corrected chi connectivity index (χ0v) is 12.1. The molecule has 104 valence electrons. The van der Waals surface area contributed by atoms with Crippen molar-refractivity contribution in [2.75, 3.05) is 0 Å². The number of rotatable bonds is 10. The molecule has 2 aliphatic rings. The van der Waals surface area contributed by atoms with E-state index in [1.54, 1.807) is 0 Å². The third kappa shape index (κ3) is 4.40. The predicted octanol–water partition coefficient (Wildman–Crippen LogP) is 5.13. The maximum Gasteiger partial charge on any atom is 0.135 e. The van der Waals surface area contributed by atoms with Crippen LogP contribution >= 0.6 is 0 Å². The molecule has 2 saturated carbocycles. The van der Waals surface area contributed by atoms with Gasteiger partial charge in [0.05, 0.1) is 0 Å². The molecule has 0 aromatic heterocycles. The number of unbranched alkanes of at least 4 members (excludes halogenated alkanes) is 7. The van der Waals surface area contributed by atoms with E-state index in [1.807, 2.05) is 0 Å². The van der Waals surface area contributed by atoms with E-state index < -0.39 is 0 Å². The fraction of sp³-hybridized carbons (Fsp3) is 0.941. The van der Waals surface area contributed by atoms with Crippen molar-refractivity contribution in [1.29, 1.82) is 0 Å². The molecule has 2 fully saturated rings. The van der Waals surface area contributed by atoms with Crippen molar-refractivity contribution in [1.82, 2.24) is 0 Å². The van der Waals surface area contributed by atoms with Crippen LogP contribution in [-0.4, -0.2) is 5.78 Å². The normalized spacial score (nSPS) is 29.3. The van der Waals surface area contributed by atoms with Gasteiger partial charge in [-0.05, 0) is 37.5 Å². The molecule has 0 saturated heterocycles. The van der Waals surface area contributed by atoms with Crippen LogP contribution < -0.4 is 0 Å². The zero-order chi connectivity index (χ0) is 12.8. The summed E-state index contributed by atoms with van der Waals surface area (Å²) in [5.74, 6) is 2.97. The van der Waals surface area contributed by atoms with Crippen molar-refractivity contribution >= 4 is 5.78 Å². The molecule has 2 atom stereocenters. The molecule has 0 aromatic carbocycles. The number of fused-ring (bicyclic) bond motifs is 1. The van der Waals surface area contributed by atoms with Crippen LogP contribution in [0.1, 0.15) is 84.0 Å². The number of hydrogen-bond donors (Lipinski definition) is 0. The first-order valence-corrected chi connectivity index (χ1v) is 8.34. The summed E-state index contributed by atoms with van der Waals surface area (Å²) in [5.41, 5.74) is 0. The van der Waals surface area contributed by atoms with E-state index >= 15 is 0 Å². The molecule has 0 radical (unpaired) electrons. The fourth-order valence-electron chi connectivity index (χ4n) is 3.61. The van der Waals surface area contributed by atoms with E-state index in [0.717, 1.165) is 24.7 Å². The number of Topliss-reactive ketones (excluding diaryl/α,β-unsaturated/α-hetero) is 1. The van der Waals surface area contributed by atoms with Crippen molar-refractivity contribution in [3.8, 4) is 0 Å². The summed E-state index contributed by atoms with van der Waals surface area (Å²) in [5, 5.41) is 0. The van der Waals surface area contributed by atoms with E-state index in [-0.39, 0.29) is 0 Å². The Morgan fingerprint density at radius 2 is 1.39 bits per heavy atom. The van der Waals surface area contributed by atoms with Gasteiger partial charge in [-0.2, -0.15) is 0 Å². The molecule has 18 heavy (non-hydrogen) atoms. The first-order valence-electron chi connectivity index (χ1n) is 8.34. The van der Waals surface area contributed by atoms with E-state index in [4.69, 9.17) is 0 Å². The lowest BCUT2D eigenvalue weighted by atomic mass is 9.94. The SMILES string of the molecule is CCCCCCCCCCC(=O)C1CC2CC2C1. The first-order chi connectivity index (χ1) is 8.81.